The van der Waals surface area contributed by atoms with E-state index in [-0.39, 0.29) is 24.3 Å². The van der Waals surface area contributed by atoms with E-state index in [4.69, 9.17) is 10.5 Å². The van der Waals surface area contributed by atoms with Gasteiger partial charge in [0, 0.05) is 12.2 Å². The smallest absolute Gasteiger partial charge is 0.325 e. The van der Waals surface area contributed by atoms with Gasteiger partial charge < -0.3 is 15.4 Å². The third-order valence-electron chi connectivity index (χ3n) is 3.10. The van der Waals surface area contributed by atoms with E-state index in [1.165, 1.54) is 4.90 Å². The molecule has 0 bridgehead atoms. The minimum Gasteiger partial charge on any atom is -0.465 e. The zero-order chi connectivity index (χ0) is 15.1. The number of ether oxygens (including phenoxy) is 1. The highest BCUT2D eigenvalue weighted by Crippen LogP contribution is 2.20. The van der Waals surface area contributed by atoms with Gasteiger partial charge in [0.05, 0.1) is 12.5 Å². The SMILES string of the molecule is CCOC(=O)CN(CC)C(=O)C(C)c1cccc(N)c1. The van der Waals surface area contributed by atoms with Crippen LogP contribution < -0.4 is 5.73 Å². The summed E-state index contributed by atoms with van der Waals surface area (Å²) < 4.78 is 4.88. The summed E-state index contributed by atoms with van der Waals surface area (Å²) in [5.41, 5.74) is 7.19. The number of hydrogen-bond acceptors (Lipinski definition) is 4. The molecule has 0 heterocycles. The third-order valence-corrected chi connectivity index (χ3v) is 3.10. The van der Waals surface area contributed by atoms with E-state index in [9.17, 15) is 9.59 Å². The Hall–Kier alpha value is -2.04. The Morgan fingerprint density at radius 2 is 2.05 bits per heavy atom. The van der Waals surface area contributed by atoms with Gasteiger partial charge in [0.15, 0.2) is 0 Å². The monoisotopic (exact) mass is 278 g/mol. The predicted molar refractivity (Wildman–Crippen MR) is 78.2 cm³/mol. The van der Waals surface area contributed by atoms with Crippen molar-refractivity contribution in [2.75, 3.05) is 25.4 Å². The van der Waals surface area contributed by atoms with Crippen molar-refractivity contribution in [1.82, 2.24) is 4.90 Å². The number of carbonyl (C=O) groups is 2. The fraction of sp³-hybridized carbons (Fsp3) is 0.467. The summed E-state index contributed by atoms with van der Waals surface area (Å²) in [5, 5.41) is 0. The molecule has 5 heteroatoms. The van der Waals surface area contributed by atoms with Gasteiger partial charge in [-0.25, -0.2) is 0 Å². The largest absolute Gasteiger partial charge is 0.465 e. The average Bonchev–Trinajstić information content (AvgIpc) is 2.43. The molecule has 0 aliphatic rings. The Bertz CT molecular complexity index is 474. The Morgan fingerprint density at radius 3 is 2.60 bits per heavy atom. The molecule has 5 nitrogen and oxygen atoms in total. The summed E-state index contributed by atoms with van der Waals surface area (Å²) in [7, 11) is 0. The Balaban J connectivity index is 2.77. The van der Waals surface area contributed by atoms with Crippen LogP contribution in [-0.2, 0) is 14.3 Å². The number of nitrogens with two attached hydrogens (primary N) is 1. The molecule has 0 aromatic heterocycles. The van der Waals surface area contributed by atoms with E-state index in [0.29, 0.717) is 18.8 Å². The van der Waals surface area contributed by atoms with Gasteiger partial charge in [-0.3, -0.25) is 9.59 Å². The number of benzene rings is 1. The minimum atomic E-state index is -0.387. The molecule has 0 radical (unpaired) electrons. The second-order valence-corrected chi connectivity index (χ2v) is 4.55. The normalized spacial score (nSPS) is 11.8. The highest BCUT2D eigenvalue weighted by atomic mass is 16.5. The first kappa shape index (κ1) is 16.0. The molecule has 0 fully saturated rings. The summed E-state index contributed by atoms with van der Waals surface area (Å²) in [5.74, 6) is -0.832. The maximum atomic E-state index is 12.4. The third kappa shape index (κ3) is 4.26. The summed E-state index contributed by atoms with van der Waals surface area (Å²) in [6.45, 7) is 6.15. The number of esters is 1. The van der Waals surface area contributed by atoms with Gasteiger partial charge in [-0.05, 0) is 38.5 Å². The standard InChI is InChI=1S/C15H22N2O3/c1-4-17(10-14(18)20-5-2)15(19)11(3)12-7-6-8-13(16)9-12/h6-9,11H,4-5,10,16H2,1-3H3. The van der Waals surface area contributed by atoms with Crippen molar-refractivity contribution in [1.29, 1.82) is 0 Å². The molecule has 20 heavy (non-hydrogen) atoms. The quantitative estimate of drug-likeness (QED) is 0.636. The molecule has 0 saturated heterocycles. The van der Waals surface area contributed by atoms with Crippen LogP contribution in [-0.4, -0.2) is 36.5 Å². The number of hydrogen-bond donors (Lipinski definition) is 1. The first-order chi connectivity index (χ1) is 9.49. The van der Waals surface area contributed by atoms with Crippen LogP contribution in [0.25, 0.3) is 0 Å². The first-order valence-electron chi connectivity index (χ1n) is 6.79. The first-order valence-corrected chi connectivity index (χ1v) is 6.79. The number of likely N-dealkylation sites (N-methyl/N-ethyl adjacent to an activating group) is 1. The van der Waals surface area contributed by atoms with Crippen LogP contribution >= 0.6 is 0 Å². The van der Waals surface area contributed by atoms with E-state index < -0.39 is 0 Å². The molecule has 1 rings (SSSR count). The fourth-order valence-corrected chi connectivity index (χ4v) is 1.95. The molecule has 110 valence electrons. The fourth-order valence-electron chi connectivity index (χ4n) is 1.95. The Labute approximate surface area is 119 Å². The van der Waals surface area contributed by atoms with Gasteiger partial charge in [-0.1, -0.05) is 12.1 Å². The maximum absolute atomic E-state index is 12.4. The zero-order valence-corrected chi connectivity index (χ0v) is 12.3. The minimum absolute atomic E-state index is 0.0180. The Kier molecular flexibility index (Phi) is 6.03. The predicted octanol–water partition coefficient (Wildman–Crippen LogP) is 1.78. The molecule has 2 N–H and O–H groups in total. The van der Waals surface area contributed by atoms with Crippen molar-refractivity contribution in [3.63, 3.8) is 0 Å². The van der Waals surface area contributed by atoms with Crippen LogP contribution in [0.15, 0.2) is 24.3 Å². The second kappa shape index (κ2) is 7.53. The van der Waals surface area contributed by atoms with Crippen molar-refractivity contribution in [2.24, 2.45) is 0 Å². The topological polar surface area (TPSA) is 72.6 Å². The summed E-state index contributed by atoms with van der Waals surface area (Å²) in [6, 6.07) is 7.23. The van der Waals surface area contributed by atoms with Gasteiger partial charge in [0.1, 0.15) is 6.54 Å². The molecule has 1 amide bonds. The van der Waals surface area contributed by atoms with E-state index in [0.717, 1.165) is 5.56 Å². The van der Waals surface area contributed by atoms with Crippen LogP contribution in [0, 0.1) is 0 Å². The van der Waals surface area contributed by atoms with E-state index >= 15 is 0 Å². The lowest BCUT2D eigenvalue weighted by Crippen LogP contribution is -2.38. The lowest BCUT2D eigenvalue weighted by Gasteiger charge is -2.23. The zero-order valence-electron chi connectivity index (χ0n) is 12.3. The molecule has 0 aliphatic carbocycles. The van der Waals surface area contributed by atoms with Gasteiger partial charge in [0.2, 0.25) is 5.91 Å². The summed E-state index contributed by atoms with van der Waals surface area (Å²) >= 11 is 0. The van der Waals surface area contributed by atoms with Gasteiger partial charge in [-0.15, -0.1) is 0 Å². The van der Waals surface area contributed by atoms with E-state index in [1.807, 2.05) is 26.0 Å². The highest BCUT2D eigenvalue weighted by Gasteiger charge is 2.23. The van der Waals surface area contributed by atoms with Crippen molar-refractivity contribution in [3.8, 4) is 0 Å². The van der Waals surface area contributed by atoms with Gasteiger partial charge in [0.25, 0.3) is 0 Å². The molecule has 0 spiro atoms. The van der Waals surface area contributed by atoms with Crippen molar-refractivity contribution >= 4 is 17.6 Å². The van der Waals surface area contributed by atoms with E-state index in [1.54, 1.807) is 19.1 Å². The summed E-state index contributed by atoms with van der Waals surface area (Å²) in [4.78, 5) is 25.4. The molecule has 1 aromatic rings. The van der Waals surface area contributed by atoms with Crippen LogP contribution in [0.5, 0.6) is 0 Å². The second-order valence-electron chi connectivity index (χ2n) is 4.55. The molecule has 0 saturated carbocycles. The Morgan fingerprint density at radius 1 is 1.35 bits per heavy atom. The highest BCUT2D eigenvalue weighted by molar-refractivity contribution is 5.87. The molecule has 0 aliphatic heterocycles. The number of amides is 1. The van der Waals surface area contributed by atoms with Crippen molar-refractivity contribution in [3.05, 3.63) is 29.8 Å². The lowest BCUT2D eigenvalue weighted by molar-refractivity contribution is -0.149. The number of rotatable bonds is 6. The van der Waals surface area contributed by atoms with E-state index in [2.05, 4.69) is 0 Å². The van der Waals surface area contributed by atoms with Crippen LogP contribution in [0.2, 0.25) is 0 Å². The van der Waals surface area contributed by atoms with Crippen LogP contribution in [0.4, 0.5) is 5.69 Å². The average molecular weight is 278 g/mol. The van der Waals surface area contributed by atoms with Crippen molar-refractivity contribution < 1.29 is 14.3 Å². The number of carbonyl (C=O) groups excluding carboxylic acids is 2. The van der Waals surface area contributed by atoms with Crippen LogP contribution in [0.3, 0.4) is 0 Å². The molecular weight excluding hydrogens is 256 g/mol. The number of anilines is 1. The maximum Gasteiger partial charge on any atom is 0.325 e. The molecule has 1 aromatic carbocycles. The number of nitrogens with zero attached hydrogens (tertiary/aromatic N) is 1. The molecule has 1 unspecified atom stereocenters. The summed E-state index contributed by atoms with van der Waals surface area (Å²) in [6.07, 6.45) is 0. The van der Waals surface area contributed by atoms with Crippen molar-refractivity contribution in [2.45, 2.75) is 26.7 Å². The molecular formula is C15H22N2O3. The van der Waals surface area contributed by atoms with Gasteiger partial charge in [-0.2, -0.15) is 0 Å². The lowest BCUT2D eigenvalue weighted by atomic mass is 9.99. The number of nitrogen functional groups attached to an aromatic ring is 1. The van der Waals surface area contributed by atoms with Gasteiger partial charge >= 0.3 is 5.97 Å². The van der Waals surface area contributed by atoms with Crippen LogP contribution in [0.1, 0.15) is 32.3 Å². The molecule has 1 atom stereocenters.